The third-order valence-electron chi connectivity index (χ3n) is 3.49. The van der Waals surface area contributed by atoms with Gasteiger partial charge in [-0.05, 0) is 35.4 Å². The SMILES string of the molecule is O=c1oc(-c2ccccc2)nc2cc3c(cc12)COC3. The summed E-state index contributed by atoms with van der Waals surface area (Å²) in [5.74, 6) is 0.349. The van der Waals surface area contributed by atoms with E-state index in [1.54, 1.807) is 0 Å². The van der Waals surface area contributed by atoms with Gasteiger partial charge in [0.25, 0.3) is 0 Å². The van der Waals surface area contributed by atoms with Crippen molar-refractivity contribution in [1.29, 1.82) is 0 Å². The predicted molar refractivity (Wildman–Crippen MR) is 74.2 cm³/mol. The van der Waals surface area contributed by atoms with E-state index in [1.807, 2.05) is 42.5 Å². The van der Waals surface area contributed by atoms with Gasteiger partial charge < -0.3 is 9.15 Å². The maximum Gasteiger partial charge on any atom is 0.347 e. The summed E-state index contributed by atoms with van der Waals surface area (Å²) in [6, 6.07) is 13.2. The number of hydrogen-bond donors (Lipinski definition) is 0. The molecular weight excluding hydrogens is 254 g/mol. The van der Waals surface area contributed by atoms with Crippen LogP contribution in [0.2, 0.25) is 0 Å². The largest absolute Gasteiger partial charge is 0.403 e. The third-order valence-corrected chi connectivity index (χ3v) is 3.49. The quantitative estimate of drug-likeness (QED) is 0.679. The van der Waals surface area contributed by atoms with E-state index in [2.05, 4.69) is 4.98 Å². The van der Waals surface area contributed by atoms with E-state index >= 15 is 0 Å². The molecule has 0 N–H and O–H groups in total. The molecule has 4 heteroatoms. The molecule has 1 aliphatic heterocycles. The summed E-state index contributed by atoms with van der Waals surface area (Å²) in [5, 5.41) is 0.508. The summed E-state index contributed by atoms with van der Waals surface area (Å²) in [5.41, 5.74) is 3.23. The fraction of sp³-hybridized carbons (Fsp3) is 0.125. The van der Waals surface area contributed by atoms with Crippen molar-refractivity contribution in [2.24, 2.45) is 0 Å². The van der Waals surface area contributed by atoms with Gasteiger partial charge in [0.15, 0.2) is 0 Å². The average molecular weight is 265 g/mol. The van der Waals surface area contributed by atoms with Crippen LogP contribution in [0.15, 0.2) is 51.7 Å². The molecule has 2 aromatic carbocycles. The molecule has 0 fully saturated rings. The zero-order chi connectivity index (χ0) is 13.5. The molecule has 1 aromatic heterocycles. The molecule has 0 unspecified atom stereocenters. The number of nitrogens with zero attached hydrogens (tertiary/aromatic N) is 1. The smallest absolute Gasteiger partial charge is 0.347 e. The Morgan fingerprint density at radius 3 is 2.55 bits per heavy atom. The molecular formula is C16H11NO3. The molecule has 3 aromatic rings. The van der Waals surface area contributed by atoms with Crippen molar-refractivity contribution in [3.05, 3.63) is 64.0 Å². The van der Waals surface area contributed by atoms with Crippen molar-refractivity contribution < 1.29 is 9.15 Å². The van der Waals surface area contributed by atoms with Gasteiger partial charge in [0.05, 0.1) is 24.1 Å². The standard InChI is InChI=1S/C16H11NO3/c18-16-13-6-11-8-19-9-12(11)7-14(13)17-15(20-16)10-4-2-1-3-5-10/h1-7H,8-9H2. The van der Waals surface area contributed by atoms with Crippen molar-refractivity contribution in [2.75, 3.05) is 0 Å². The normalized spacial score (nSPS) is 13.6. The second-order valence-electron chi connectivity index (χ2n) is 4.80. The minimum atomic E-state index is -0.358. The summed E-state index contributed by atoms with van der Waals surface area (Å²) < 4.78 is 10.7. The van der Waals surface area contributed by atoms with Gasteiger partial charge in [-0.3, -0.25) is 0 Å². The molecule has 0 saturated heterocycles. The van der Waals surface area contributed by atoms with Crippen molar-refractivity contribution >= 4 is 10.9 Å². The van der Waals surface area contributed by atoms with E-state index in [1.165, 1.54) is 0 Å². The van der Waals surface area contributed by atoms with Crippen LogP contribution in [0.3, 0.4) is 0 Å². The third kappa shape index (κ3) is 1.73. The Morgan fingerprint density at radius 1 is 1.00 bits per heavy atom. The van der Waals surface area contributed by atoms with Gasteiger partial charge in [-0.25, -0.2) is 9.78 Å². The molecule has 4 rings (SSSR count). The molecule has 2 heterocycles. The van der Waals surface area contributed by atoms with E-state index in [0.717, 1.165) is 16.7 Å². The first kappa shape index (κ1) is 11.4. The molecule has 0 atom stereocenters. The Morgan fingerprint density at radius 2 is 1.75 bits per heavy atom. The van der Waals surface area contributed by atoms with Crippen molar-refractivity contribution in [3.63, 3.8) is 0 Å². The molecule has 0 spiro atoms. The van der Waals surface area contributed by atoms with E-state index in [9.17, 15) is 4.79 Å². The van der Waals surface area contributed by atoms with Crippen LogP contribution in [0, 0.1) is 0 Å². The molecule has 20 heavy (non-hydrogen) atoms. The van der Waals surface area contributed by atoms with Crippen LogP contribution in [0.25, 0.3) is 22.4 Å². The number of ether oxygens (including phenoxy) is 1. The summed E-state index contributed by atoms with van der Waals surface area (Å²) in [6.45, 7) is 1.12. The van der Waals surface area contributed by atoms with E-state index in [0.29, 0.717) is 30.0 Å². The fourth-order valence-corrected chi connectivity index (χ4v) is 2.45. The minimum absolute atomic E-state index is 0.349. The van der Waals surface area contributed by atoms with E-state index < -0.39 is 0 Å². The zero-order valence-electron chi connectivity index (χ0n) is 10.6. The van der Waals surface area contributed by atoms with Crippen LogP contribution in [-0.4, -0.2) is 4.98 Å². The predicted octanol–water partition coefficient (Wildman–Crippen LogP) is 2.89. The summed E-state index contributed by atoms with van der Waals surface area (Å²) in [7, 11) is 0. The molecule has 0 aliphatic carbocycles. The zero-order valence-corrected chi connectivity index (χ0v) is 10.6. The van der Waals surface area contributed by atoms with Gasteiger partial charge in [0.1, 0.15) is 0 Å². The Kier molecular flexibility index (Phi) is 2.44. The Bertz CT molecular complexity index is 853. The Balaban J connectivity index is 1.98. The molecule has 4 nitrogen and oxygen atoms in total. The number of aromatic nitrogens is 1. The fourth-order valence-electron chi connectivity index (χ4n) is 2.45. The second kappa shape index (κ2) is 4.28. The summed E-state index contributed by atoms with van der Waals surface area (Å²) in [6.07, 6.45) is 0. The van der Waals surface area contributed by atoms with Crippen LogP contribution in [0.4, 0.5) is 0 Å². The van der Waals surface area contributed by atoms with Crippen LogP contribution in [-0.2, 0) is 18.0 Å². The lowest BCUT2D eigenvalue weighted by Crippen LogP contribution is -2.04. The highest BCUT2D eigenvalue weighted by atomic mass is 16.5. The van der Waals surface area contributed by atoms with Crippen LogP contribution < -0.4 is 5.63 Å². The highest BCUT2D eigenvalue weighted by Crippen LogP contribution is 2.25. The first-order valence-electron chi connectivity index (χ1n) is 6.41. The molecule has 0 saturated carbocycles. The van der Waals surface area contributed by atoms with Crippen molar-refractivity contribution in [2.45, 2.75) is 13.2 Å². The van der Waals surface area contributed by atoms with Gasteiger partial charge in [0.2, 0.25) is 5.89 Å². The van der Waals surface area contributed by atoms with Gasteiger partial charge >= 0.3 is 5.63 Å². The highest BCUT2D eigenvalue weighted by molar-refractivity contribution is 5.80. The van der Waals surface area contributed by atoms with Crippen molar-refractivity contribution in [3.8, 4) is 11.5 Å². The molecule has 0 bridgehead atoms. The van der Waals surface area contributed by atoms with Crippen LogP contribution in [0.1, 0.15) is 11.1 Å². The van der Waals surface area contributed by atoms with Crippen LogP contribution >= 0.6 is 0 Å². The molecule has 1 aliphatic rings. The minimum Gasteiger partial charge on any atom is -0.403 e. The van der Waals surface area contributed by atoms with Crippen molar-refractivity contribution in [1.82, 2.24) is 4.98 Å². The maximum absolute atomic E-state index is 12.1. The topological polar surface area (TPSA) is 52.3 Å². The lowest BCUT2D eigenvalue weighted by atomic mass is 10.1. The van der Waals surface area contributed by atoms with Gasteiger partial charge in [-0.15, -0.1) is 0 Å². The number of hydrogen-bond acceptors (Lipinski definition) is 4. The van der Waals surface area contributed by atoms with E-state index in [4.69, 9.17) is 9.15 Å². The lowest BCUT2D eigenvalue weighted by molar-refractivity contribution is 0.134. The summed E-state index contributed by atoms with van der Waals surface area (Å²) in [4.78, 5) is 16.6. The number of benzene rings is 2. The first-order chi connectivity index (χ1) is 9.81. The van der Waals surface area contributed by atoms with Gasteiger partial charge in [-0.2, -0.15) is 0 Å². The first-order valence-corrected chi connectivity index (χ1v) is 6.41. The average Bonchev–Trinajstić information content (AvgIpc) is 2.93. The Labute approximate surface area is 114 Å². The Hall–Kier alpha value is -2.46. The number of rotatable bonds is 1. The van der Waals surface area contributed by atoms with Gasteiger partial charge in [0, 0.05) is 5.56 Å². The van der Waals surface area contributed by atoms with E-state index in [-0.39, 0.29) is 5.63 Å². The second-order valence-corrected chi connectivity index (χ2v) is 4.80. The summed E-state index contributed by atoms with van der Waals surface area (Å²) >= 11 is 0. The lowest BCUT2D eigenvalue weighted by Gasteiger charge is -2.03. The van der Waals surface area contributed by atoms with Crippen LogP contribution in [0.5, 0.6) is 0 Å². The maximum atomic E-state index is 12.1. The molecule has 0 radical (unpaired) electrons. The number of fused-ring (bicyclic) bond motifs is 2. The monoisotopic (exact) mass is 265 g/mol. The highest BCUT2D eigenvalue weighted by Gasteiger charge is 2.16. The molecule has 0 amide bonds. The van der Waals surface area contributed by atoms with Gasteiger partial charge in [-0.1, -0.05) is 18.2 Å². The molecule has 98 valence electrons.